The maximum absolute atomic E-state index is 6.07. The molecule has 0 aromatic rings. The Balaban J connectivity index is 2.36. The van der Waals surface area contributed by atoms with Gasteiger partial charge < -0.3 is 5.73 Å². The topological polar surface area (TPSA) is 26.0 Å². The zero-order chi connectivity index (χ0) is 11.9. The summed E-state index contributed by atoms with van der Waals surface area (Å²) in [6.07, 6.45) is 14.0. The Bertz CT molecular complexity index is 178. The van der Waals surface area contributed by atoms with Gasteiger partial charge in [0.05, 0.1) is 0 Å². The molecule has 0 aliphatic heterocycles. The quantitative estimate of drug-likeness (QED) is 0.634. The van der Waals surface area contributed by atoms with Gasteiger partial charge in [0.25, 0.3) is 0 Å². The molecule has 1 heteroatoms. The molecule has 0 bridgehead atoms. The van der Waals surface area contributed by atoms with Crippen molar-refractivity contribution in [2.75, 3.05) is 6.54 Å². The molecule has 0 spiro atoms. The van der Waals surface area contributed by atoms with Crippen molar-refractivity contribution >= 4 is 0 Å². The highest BCUT2D eigenvalue weighted by Gasteiger charge is 2.33. The van der Waals surface area contributed by atoms with E-state index in [9.17, 15) is 0 Å². The zero-order valence-electron chi connectivity index (χ0n) is 11.4. The van der Waals surface area contributed by atoms with E-state index in [0.717, 1.165) is 12.5 Å². The highest BCUT2D eigenvalue weighted by atomic mass is 14.6. The average Bonchev–Trinajstić information content (AvgIpc) is 2.35. The molecule has 0 amide bonds. The third kappa shape index (κ3) is 4.08. The van der Waals surface area contributed by atoms with Gasteiger partial charge in [0.15, 0.2) is 0 Å². The Labute approximate surface area is 102 Å². The van der Waals surface area contributed by atoms with E-state index in [2.05, 4.69) is 13.8 Å². The van der Waals surface area contributed by atoms with Gasteiger partial charge in [-0.15, -0.1) is 0 Å². The maximum atomic E-state index is 6.07. The fourth-order valence-electron chi connectivity index (χ4n) is 3.37. The van der Waals surface area contributed by atoms with Gasteiger partial charge in [0, 0.05) is 0 Å². The number of hydrogen-bond acceptors (Lipinski definition) is 1. The van der Waals surface area contributed by atoms with Crippen molar-refractivity contribution in [2.45, 2.75) is 78.1 Å². The smallest absolute Gasteiger partial charge is 0.00204 e. The SMILES string of the molecule is CCCCCCC1(CN)CCCC(CC)C1. The molecular weight excluding hydrogens is 194 g/mol. The maximum Gasteiger partial charge on any atom is -0.00204 e. The zero-order valence-corrected chi connectivity index (χ0v) is 11.4. The molecule has 0 heterocycles. The van der Waals surface area contributed by atoms with Crippen molar-refractivity contribution in [3.05, 3.63) is 0 Å². The van der Waals surface area contributed by atoms with Crippen molar-refractivity contribution < 1.29 is 0 Å². The lowest BCUT2D eigenvalue weighted by Gasteiger charge is -2.40. The second-order valence-corrected chi connectivity index (χ2v) is 5.89. The first-order chi connectivity index (χ1) is 7.76. The third-order valence-electron chi connectivity index (χ3n) is 4.61. The Morgan fingerprint density at radius 3 is 2.62 bits per heavy atom. The number of unbranched alkanes of at least 4 members (excludes halogenated alkanes) is 3. The summed E-state index contributed by atoms with van der Waals surface area (Å²) in [7, 11) is 0. The van der Waals surface area contributed by atoms with Crippen LogP contribution in [0.4, 0.5) is 0 Å². The molecule has 1 aliphatic carbocycles. The van der Waals surface area contributed by atoms with Crippen LogP contribution >= 0.6 is 0 Å². The van der Waals surface area contributed by atoms with E-state index < -0.39 is 0 Å². The fourth-order valence-corrected chi connectivity index (χ4v) is 3.37. The summed E-state index contributed by atoms with van der Waals surface area (Å²) in [5, 5.41) is 0. The summed E-state index contributed by atoms with van der Waals surface area (Å²) in [6.45, 7) is 5.55. The molecule has 1 nitrogen and oxygen atoms in total. The highest BCUT2D eigenvalue weighted by molar-refractivity contribution is 4.86. The predicted molar refractivity (Wildman–Crippen MR) is 72.5 cm³/mol. The minimum absolute atomic E-state index is 0.521. The molecular formula is C15H31N. The Hall–Kier alpha value is -0.0400. The van der Waals surface area contributed by atoms with E-state index in [-0.39, 0.29) is 0 Å². The summed E-state index contributed by atoms with van der Waals surface area (Å²) < 4.78 is 0. The first kappa shape index (κ1) is 14.0. The van der Waals surface area contributed by atoms with Crippen LogP contribution in [-0.4, -0.2) is 6.54 Å². The van der Waals surface area contributed by atoms with Gasteiger partial charge in [-0.2, -0.15) is 0 Å². The predicted octanol–water partition coefficient (Wildman–Crippen LogP) is 4.50. The van der Waals surface area contributed by atoms with Gasteiger partial charge >= 0.3 is 0 Å². The van der Waals surface area contributed by atoms with Gasteiger partial charge in [0.1, 0.15) is 0 Å². The van der Waals surface area contributed by atoms with E-state index >= 15 is 0 Å². The number of nitrogens with two attached hydrogens (primary N) is 1. The third-order valence-corrected chi connectivity index (χ3v) is 4.61. The summed E-state index contributed by atoms with van der Waals surface area (Å²) in [6, 6.07) is 0. The van der Waals surface area contributed by atoms with E-state index in [1.807, 2.05) is 0 Å². The lowest BCUT2D eigenvalue weighted by atomic mass is 9.66. The molecule has 1 aliphatic rings. The molecule has 96 valence electrons. The van der Waals surface area contributed by atoms with Crippen molar-refractivity contribution in [3.8, 4) is 0 Å². The molecule has 16 heavy (non-hydrogen) atoms. The van der Waals surface area contributed by atoms with Crippen molar-refractivity contribution in [3.63, 3.8) is 0 Å². The Morgan fingerprint density at radius 2 is 2.00 bits per heavy atom. The molecule has 0 radical (unpaired) electrons. The Kier molecular flexibility index (Phi) is 6.41. The summed E-state index contributed by atoms with van der Waals surface area (Å²) in [4.78, 5) is 0. The first-order valence-electron chi connectivity index (χ1n) is 7.46. The van der Waals surface area contributed by atoms with E-state index in [0.29, 0.717) is 5.41 Å². The second-order valence-electron chi connectivity index (χ2n) is 5.89. The first-order valence-corrected chi connectivity index (χ1v) is 7.46. The van der Waals surface area contributed by atoms with E-state index in [1.54, 1.807) is 0 Å². The summed E-state index contributed by atoms with van der Waals surface area (Å²) in [5.41, 5.74) is 6.59. The van der Waals surface area contributed by atoms with Crippen LogP contribution in [0.5, 0.6) is 0 Å². The van der Waals surface area contributed by atoms with Crippen LogP contribution in [0.1, 0.15) is 78.1 Å². The molecule has 2 unspecified atom stereocenters. The molecule has 2 N–H and O–H groups in total. The second kappa shape index (κ2) is 7.32. The Morgan fingerprint density at radius 1 is 1.19 bits per heavy atom. The lowest BCUT2D eigenvalue weighted by Crippen LogP contribution is -2.35. The number of hydrogen-bond donors (Lipinski definition) is 1. The van der Waals surface area contributed by atoms with Crippen molar-refractivity contribution in [2.24, 2.45) is 17.1 Å². The molecule has 0 aromatic heterocycles. The molecule has 0 aromatic carbocycles. The van der Waals surface area contributed by atoms with Crippen LogP contribution in [0.25, 0.3) is 0 Å². The van der Waals surface area contributed by atoms with Crippen LogP contribution in [-0.2, 0) is 0 Å². The minimum atomic E-state index is 0.521. The van der Waals surface area contributed by atoms with Crippen LogP contribution in [0.2, 0.25) is 0 Å². The van der Waals surface area contributed by atoms with Crippen molar-refractivity contribution in [1.82, 2.24) is 0 Å². The monoisotopic (exact) mass is 225 g/mol. The van der Waals surface area contributed by atoms with Crippen LogP contribution in [0.3, 0.4) is 0 Å². The van der Waals surface area contributed by atoms with E-state index in [1.165, 1.54) is 64.2 Å². The normalized spacial score (nSPS) is 30.6. The number of rotatable bonds is 7. The van der Waals surface area contributed by atoms with Gasteiger partial charge in [-0.05, 0) is 37.1 Å². The van der Waals surface area contributed by atoms with Gasteiger partial charge in [-0.3, -0.25) is 0 Å². The van der Waals surface area contributed by atoms with Crippen LogP contribution < -0.4 is 5.73 Å². The molecule has 2 atom stereocenters. The molecule has 1 saturated carbocycles. The summed E-state index contributed by atoms with van der Waals surface area (Å²) in [5.74, 6) is 0.962. The minimum Gasteiger partial charge on any atom is -0.330 e. The standard InChI is InChI=1S/C15H31N/c1-3-5-6-7-10-15(13-16)11-8-9-14(4-2)12-15/h14H,3-13,16H2,1-2H3. The summed E-state index contributed by atoms with van der Waals surface area (Å²) >= 11 is 0. The van der Waals surface area contributed by atoms with Gasteiger partial charge in [-0.25, -0.2) is 0 Å². The lowest BCUT2D eigenvalue weighted by molar-refractivity contribution is 0.127. The van der Waals surface area contributed by atoms with Gasteiger partial charge in [0.2, 0.25) is 0 Å². The largest absolute Gasteiger partial charge is 0.330 e. The fraction of sp³-hybridized carbons (Fsp3) is 1.00. The van der Waals surface area contributed by atoms with Crippen LogP contribution in [0, 0.1) is 11.3 Å². The van der Waals surface area contributed by atoms with Crippen LogP contribution in [0.15, 0.2) is 0 Å². The average molecular weight is 225 g/mol. The highest BCUT2D eigenvalue weighted by Crippen LogP contribution is 2.43. The molecule has 1 rings (SSSR count). The van der Waals surface area contributed by atoms with E-state index in [4.69, 9.17) is 5.73 Å². The van der Waals surface area contributed by atoms with Crippen molar-refractivity contribution in [1.29, 1.82) is 0 Å². The van der Waals surface area contributed by atoms with Gasteiger partial charge in [-0.1, -0.05) is 58.8 Å². The molecule has 0 saturated heterocycles. The molecule has 1 fully saturated rings.